The van der Waals surface area contributed by atoms with E-state index in [9.17, 15) is 9.59 Å². The summed E-state index contributed by atoms with van der Waals surface area (Å²) in [5, 5.41) is 9.05. The molecule has 0 aliphatic heterocycles. The highest BCUT2D eigenvalue weighted by atomic mass is 16.5. The molecule has 1 unspecified atom stereocenters. The normalized spacial score (nSPS) is 11.8. The molecule has 0 spiro atoms. The van der Waals surface area contributed by atoms with Gasteiger partial charge in [0.2, 0.25) is 0 Å². The van der Waals surface area contributed by atoms with Crippen LogP contribution in [0.1, 0.15) is 18.4 Å². The third-order valence-electron chi connectivity index (χ3n) is 1.93. The van der Waals surface area contributed by atoms with Gasteiger partial charge in [0.25, 0.3) is 0 Å². The Kier molecular flexibility index (Phi) is 3.85. The van der Waals surface area contributed by atoms with E-state index in [4.69, 9.17) is 9.84 Å². The average Bonchev–Trinajstić information content (AvgIpc) is 2.22. The van der Waals surface area contributed by atoms with E-state index in [1.165, 1.54) is 24.3 Å². The van der Waals surface area contributed by atoms with Crippen molar-refractivity contribution in [3.63, 3.8) is 0 Å². The Morgan fingerprint density at radius 3 is 2.53 bits per heavy atom. The fourth-order valence-electron chi connectivity index (χ4n) is 1.18. The van der Waals surface area contributed by atoms with Gasteiger partial charge in [-0.05, 0) is 24.6 Å². The molecule has 4 heteroatoms. The zero-order chi connectivity index (χ0) is 11.3. The molecule has 0 amide bonds. The van der Waals surface area contributed by atoms with Gasteiger partial charge in [-0.25, -0.2) is 0 Å². The molecule has 1 N–H and O–H groups in total. The molecule has 1 atom stereocenters. The van der Waals surface area contributed by atoms with Crippen molar-refractivity contribution in [2.75, 3.05) is 6.61 Å². The summed E-state index contributed by atoms with van der Waals surface area (Å²) in [6.45, 7) is 1.91. The Labute approximate surface area is 87.5 Å². The van der Waals surface area contributed by atoms with Crippen LogP contribution in [-0.4, -0.2) is 24.0 Å². The van der Waals surface area contributed by atoms with Gasteiger partial charge >= 0.3 is 5.97 Å². The molecule has 0 radical (unpaired) electrons. The maximum atomic E-state index is 11.3. The number of ether oxygens (including phenoxy) is 1. The Hall–Kier alpha value is -1.84. The van der Waals surface area contributed by atoms with Crippen LogP contribution in [0.3, 0.4) is 0 Å². The van der Waals surface area contributed by atoms with Crippen molar-refractivity contribution >= 4 is 12.3 Å². The monoisotopic (exact) mass is 208 g/mol. The number of benzene rings is 1. The lowest BCUT2D eigenvalue weighted by Gasteiger charge is -2.09. The van der Waals surface area contributed by atoms with Gasteiger partial charge in [-0.2, -0.15) is 0 Å². The Balaban J connectivity index is 2.87. The second-order valence-corrected chi connectivity index (χ2v) is 2.96. The number of aromatic hydroxyl groups is 1. The smallest absolute Gasteiger partial charge is 0.320 e. The molecule has 4 nitrogen and oxygen atoms in total. The SMILES string of the molecule is CCOC(=O)C(C=O)c1ccc(O)cc1. The highest BCUT2D eigenvalue weighted by Crippen LogP contribution is 2.18. The molecule has 1 aromatic carbocycles. The minimum Gasteiger partial charge on any atom is -0.508 e. The van der Waals surface area contributed by atoms with Crippen LogP contribution >= 0.6 is 0 Å². The quantitative estimate of drug-likeness (QED) is 0.459. The number of hydrogen-bond donors (Lipinski definition) is 1. The lowest BCUT2D eigenvalue weighted by Crippen LogP contribution is -2.17. The minimum atomic E-state index is -0.912. The molecular formula is C11H12O4. The summed E-state index contributed by atoms with van der Waals surface area (Å²) in [6, 6.07) is 5.88. The van der Waals surface area contributed by atoms with Crippen molar-refractivity contribution in [3.8, 4) is 5.75 Å². The summed E-state index contributed by atoms with van der Waals surface area (Å²) in [5.41, 5.74) is 0.515. The van der Waals surface area contributed by atoms with Crippen LogP contribution in [0, 0.1) is 0 Å². The van der Waals surface area contributed by atoms with Crippen LogP contribution < -0.4 is 0 Å². The van der Waals surface area contributed by atoms with Gasteiger partial charge in [-0.1, -0.05) is 12.1 Å². The van der Waals surface area contributed by atoms with Gasteiger partial charge in [-0.3, -0.25) is 4.79 Å². The zero-order valence-corrected chi connectivity index (χ0v) is 8.34. The molecular weight excluding hydrogens is 196 g/mol. The Morgan fingerprint density at radius 2 is 2.07 bits per heavy atom. The van der Waals surface area contributed by atoms with Gasteiger partial charge in [0.15, 0.2) is 0 Å². The summed E-state index contributed by atoms with van der Waals surface area (Å²) in [4.78, 5) is 22.1. The fraction of sp³-hybridized carbons (Fsp3) is 0.273. The maximum absolute atomic E-state index is 11.3. The summed E-state index contributed by atoms with van der Waals surface area (Å²) in [5.74, 6) is -1.39. The highest BCUT2D eigenvalue weighted by Gasteiger charge is 2.20. The first kappa shape index (κ1) is 11.2. The molecule has 0 aliphatic rings. The molecule has 80 valence electrons. The van der Waals surface area contributed by atoms with Gasteiger partial charge in [0, 0.05) is 0 Å². The first-order valence-electron chi connectivity index (χ1n) is 4.60. The van der Waals surface area contributed by atoms with Gasteiger partial charge in [0.1, 0.15) is 18.0 Å². The van der Waals surface area contributed by atoms with Crippen LogP contribution in [0.15, 0.2) is 24.3 Å². The van der Waals surface area contributed by atoms with Crippen LogP contribution in [-0.2, 0) is 14.3 Å². The van der Waals surface area contributed by atoms with Crippen LogP contribution in [0.4, 0.5) is 0 Å². The lowest BCUT2D eigenvalue weighted by molar-refractivity contribution is -0.146. The van der Waals surface area contributed by atoms with E-state index in [-0.39, 0.29) is 12.4 Å². The molecule has 0 aliphatic carbocycles. The van der Waals surface area contributed by atoms with Crippen LogP contribution in [0.2, 0.25) is 0 Å². The molecule has 0 aromatic heterocycles. The summed E-state index contributed by atoms with van der Waals surface area (Å²) in [6.07, 6.45) is 0.532. The fourth-order valence-corrected chi connectivity index (χ4v) is 1.18. The van der Waals surface area contributed by atoms with Gasteiger partial charge in [0.05, 0.1) is 6.61 Å². The molecule has 0 saturated carbocycles. The number of hydrogen-bond acceptors (Lipinski definition) is 4. The number of esters is 1. The van der Waals surface area contributed by atoms with Crippen molar-refractivity contribution in [1.29, 1.82) is 0 Å². The van der Waals surface area contributed by atoms with Crippen molar-refractivity contribution < 1.29 is 19.4 Å². The standard InChI is InChI=1S/C11H12O4/c1-2-15-11(14)10(7-12)8-3-5-9(13)6-4-8/h3-7,10,13H,2H2,1H3. The minimum absolute atomic E-state index is 0.0901. The third kappa shape index (κ3) is 2.80. The number of rotatable bonds is 4. The number of aldehydes is 1. The summed E-state index contributed by atoms with van der Waals surface area (Å²) in [7, 11) is 0. The molecule has 0 fully saturated rings. The number of phenols is 1. The van der Waals surface area contributed by atoms with Gasteiger partial charge in [-0.15, -0.1) is 0 Å². The topological polar surface area (TPSA) is 63.6 Å². The molecule has 0 bridgehead atoms. The van der Waals surface area contributed by atoms with E-state index in [1.54, 1.807) is 6.92 Å². The number of carbonyl (C=O) groups is 2. The van der Waals surface area contributed by atoms with E-state index >= 15 is 0 Å². The van der Waals surface area contributed by atoms with Crippen LogP contribution in [0.5, 0.6) is 5.75 Å². The second-order valence-electron chi connectivity index (χ2n) is 2.96. The summed E-state index contributed by atoms with van der Waals surface area (Å²) < 4.78 is 4.75. The molecule has 1 rings (SSSR count). The van der Waals surface area contributed by atoms with Crippen molar-refractivity contribution in [2.24, 2.45) is 0 Å². The highest BCUT2D eigenvalue weighted by molar-refractivity contribution is 5.94. The second kappa shape index (κ2) is 5.14. The Morgan fingerprint density at radius 1 is 1.47 bits per heavy atom. The molecule has 0 heterocycles. The zero-order valence-electron chi connectivity index (χ0n) is 8.34. The van der Waals surface area contributed by atoms with E-state index in [1.807, 2.05) is 0 Å². The van der Waals surface area contributed by atoms with Crippen molar-refractivity contribution in [2.45, 2.75) is 12.8 Å². The maximum Gasteiger partial charge on any atom is 0.320 e. The van der Waals surface area contributed by atoms with E-state index in [0.717, 1.165) is 0 Å². The average molecular weight is 208 g/mol. The molecule has 15 heavy (non-hydrogen) atoms. The molecule has 1 aromatic rings. The largest absolute Gasteiger partial charge is 0.508 e. The van der Waals surface area contributed by atoms with E-state index in [2.05, 4.69) is 0 Å². The first-order valence-corrected chi connectivity index (χ1v) is 4.60. The lowest BCUT2D eigenvalue weighted by atomic mass is 10.0. The van der Waals surface area contributed by atoms with E-state index in [0.29, 0.717) is 11.8 Å². The predicted octanol–water partition coefficient (Wildman–Crippen LogP) is 1.24. The predicted molar refractivity (Wildman–Crippen MR) is 53.5 cm³/mol. The van der Waals surface area contributed by atoms with E-state index < -0.39 is 11.9 Å². The molecule has 0 saturated heterocycles. The van der Waals surface area contributed by atoms with Gasteiger partial charge < -0.3 is 14.6 Å². The number of carbonyl (C=O) groups excluding carboxylic acids is 2. The van der Waals surface area contributed by atoms with Crippen molar-refractivity contribution in [3.05, 3.63) is 29.8 Å². The van der Waals surface area contributed by atoms with Crippen LogP contribution in [0.25, 0.3) is 0 Å². The number of phenolic OH excluding ortho intramolecular Hbond substituents is 1. The van der Waals surface area contributed by atoms with Crippen molar-refractivity contribution in [1.82, 2.24) is 0 Å². The third-order valence-corrected chi connectivity index (χ3v) is 1.93. The Bertz CT molecular complexity index is 342. The summed E-state index contributed by atoms with van der Waals surface area (Å²) >= 11 is 0. The first-order chi connectivity index (χ1) is 7.19.